The molecule has 0 saturated carbocycles. The average Bonchev–Trinajstić information content (AvgIpc) is 2.93. The van der Waals surface area contributed by atoms with E-state index >= 15 is 0 Å². The number of nitrogens with zero attached hydrogens (tertiary/aromatic N) is 1. The third kappa shape index (κ3) is 3.06. The summed E-state index contributed by atoms with van der Waals surface area (Å²) < 4.78 is 5.07. The summed E-state index contributed by atoms with van der Waals surface area (Å²) in [7, 11) is 1.49. The summed E-state index contributed by atoms with van der Waals surface area (Å²) in [6.07, 6.45) is 5.58. The maximum Gasteiger partial charge on any atom is 0.254 e. The number of phenolic OH excluding ortho intramolecular Hbond substituents is 1. The molecule has 0 spiro atoms. The molecule has 0 radical (unpaired) electrons. The molecule has 1 atom stereocenters. The van der Waals surface area contributed by atoms with Crippen LogP contribution >= 0.6 is 0 Å². The number of benzene rings is 1. The van der Waals surface area contributed by atoms with E-state index in [1.165, 1.54) is 13.2 Å². The van der Waals surface area contributed by atoms with E-state index in [1.807, 2.05) is 4.90 Å². The molecule has 0 aliphatic carbocycles. The van der Waals surface area contributed by atoms with Gasteiger partial charge in [-0.25, -0.2) is 0 Å². The second-order valence-electron chi connectivity index (χ2n) is 5.32. The number of ether oxygens (including phenoxy) is 1. The molecule has 1 aliphatic rings. The van der Waals surface area contributed by atoms with Crippen LogP contribution in [0.15, 0.2) is 18.2 Å². The van der Waals surface area contributed by atoms with Crippen molar-refractivity contribution in [3.05, 3.63) is 23.8 Å². The Bertz CT molecular complexity index is 473. The third-order valence-electron chi connectivity index (χ3n) is 3.96. The van der Waals surface area contributed by atoms with Crippen molar-refractivity contribution in [1.82, 2.24) is 4.90 Å². The highest BCUT2D eigenvalue weighted by molar-refractivity contribution is 5.95. The topological polar surface area (TPSA) is 49.8 Å². The van der Waals surface area contributed by atoms with Crippen LogP contribution in [-0.4, -0.2) is 35.6 Å². The van der Waals surface area contributed by atoms with E-state index in [2.05, 4.69) is 6.92 Å². The molecule has 1 aliphatic heterocycles. The van der Waals surface area contributed by atoms with E-state index in [1.54, 1.807) is 12.1 Å². The summed E-state index contributed by atoms with van der Waals surface area (Å²) in [5.41, 5.74) is 0.586. The van der Waals surface area contributed by atoms with E-state index in [-0.39, 0.29) is 11.7 Å². The highest BCUT2D eigenvalue weighted by atomic mass is 16.5. The smallest absolute Gasteiger partial charge is 0.254 e. The second kappa shape index (κ2) is 6.64. The summed E-state index contributed by atoms with van der Waals surface area (Å²) in [5.74, 6) is 0.454. The minimum absolute atomic E-state index is 0.0434. The van der Waals surface area contributed by atoms with Crippen LogP contribution < -0.4 is 4.74 Å². The maximum absolute atomic E-state index is 12.6. The number of hydrogen-bond acceptors (Lipinski definition) is 3. The zero-order chi connectivity index (χ0) is 14.5. The van der Waals surface area contributed by atoms with Crippen LogP contribution in [0, 0.1) is 0 Å². The minimum Gasteiger partial charge on any atom is -0.504 e. The van der Waals surface area contributed by atoms with Crippen LogP contribution in [0.25, 0.3) is 0 Å². The second-order valence-corrected chi connectivity index (χ2v) is 5.32. The van der Waals surface area contributed by atoms with Crippen molar-refractivity contribution in [3.63, 3.8) is 0 Å². The van der Waals surface area contributed by atoms with Gasteiger partial charge in [0.1, 0.15) is 0 Å². The monoisotopic (exact) mass is 277 g/mol. The molecule has 4 nitrogen and oxygen atoms in total. The SMILES string of the molecule is CCCCC1CCCN1C(=O)c1ccc(O)c(OC)c1. The van der Waals surface area contributed by atoms with Crippen molar-refractivity contribution in [1.29, 1.82) is 0 Å². The van der Waals surface area contributed by atoms with Gasteiger partial charge in [-0.3, -0.25) is 4.79 Å². The average molecular weight is 277 g/mol. The standard InChI is InChI=1S/C16H23NO3/c1-3-4-6-13-7-5-10-17(13)16(19)12-8-9-14(18)15(11-12)20-2/h8-9,11,13,18H,3-7,10H2,1-2H3. The van der Waals surface area contributed by atoms with Gasteiger partial charge in [0.2, 0.25) is 0 Å². The summed E-state index contributed by atoms with van der Waals surface area (Å²) in [5, 5.41) is 9.60. The number of unbranched alkanes of at least 4 members (excludes halogenated alkanes) is 1. The van der Waals surface area contributed by atoms with Crippen molar-refractivity contribution >= 4 is 5.91 Å². The first-order chi connectivity index (χ1) is 9.67. The number of amides is 1. The Balaban J connectivity index is 2.13. The fraction of sp³-hybridized carbons (Fsp3) is 0.562. The first kappa shape index (κ1) is 14.7. The highest BCUT2D eigenvalue weighted by Gasteiger charge is 2.29. The van der Waals surface area contributed by atoms with Gasteiger partial charge in [-0.2, -0.15) is 0 Å². The molecule has 110 valence electrons. The van der Waals surface area contributed by atoms with Gasteiger partial charge in [0, 0.05) is 18.2 Å². The van der Waals surface area contributed by atoms with Gasteiger partial charge < -0.3 is 14.7 Å². The molecule has 1 amide bonds. The molecule has 1 N–H and O–H groups in total. The van der Waals surface area contributed by atoms with E-state index in [0.29, 0.717) is 17.4 Å². The maximum atomic E-state index is 12.6. The number of carbonyl (C=O) groups is 1. The lowest BCUT2D eigenvalue weighted by molar-refractivity contribution is 0.0728. The van der Waals surface area contributed by atoms with Crippen LogP contribution in [0.1, 0.15) is 49.4 Å². The Hall–Kier alpha value is -1.71. The molecular formula is C16H23NO3. The quantitative estimate of drug-likeness (QED) is 0.899. The van der Waals surface area contributed by atoms with Crippen LogP contribution in [-0.2, 0) is 0 Å². The number of likely N-dealkylation sites (tertiary alicyclic amines) is 1. The van der Waals surface area contributed by atoms with Crippen LogP contribution in [0.5, 0.6) is 11.5 Å². The molecule has 1 fully saturated rings. The number of rotatable bonds is 5. The van der Waals surface area contributed by atoms with Gasteiger partial charge in [0.25, 0.3) is 5.91 Å². The molecule has 1 heterocycles. The van der Waals surface area contributed by atoms with Crippen LogP contribution in [0.2, 0.25) is 0 Å². The number of aromatic hydroxyl groups is 1. The van der Waals surface area contributed by atoms with Crippen molar-refractivity contribution in [2.45, 2.75) is 45.1 Å². The van der Waals surface area contributed by atoms with Gasteiger partial charge in [-0.1, -0.05) is 19.8 Å². The predicted octanol–water partition coefficient (Wildman–Crippen LogP) is 3.20. The Morgan fingerprint density at radius 2 is 2.30 bits per heavy atom. The van der Waals surface area contributed by atoms with Gasteiger partial charge in [0.15, 0.2) is 11.5 Å². The van der Waals surface area contributed by atoms with Crippen molar-refractivity contribution < 1.29 is 14.6 Å². The zero-order valence-electron chi connectivity index (χ0n) is 12.3. The summed E-state index contributed by atoms with van der Waals surface area (Å²) in [6.45, 7) is 3.00. The predicted molar refractivity (Wildman–Crippen MR) is 78.2 cm³/mol. The molecule has 20 heavy (non-hydrogen) atoms. The van der Waals surface area contributed by atoms with E-state index in [9.17, 15) is 9.90 Å². The fourth-order valence-corrected chi connectivity index (χ4v) is 2.82. The van der Waals surface area contributed by atoms with Gasteiger partial charge in [-0.15, -0.1) is 0 Å². The number of carbonyl (C=O) groups excluding carboxylic acids is 1. The lowest BCUT2D eigenvalue weighted by Crippen LogP contribution is -2.35. The Morgan fingerprint density at radius 3 is 3.00 bits per heavy atom. The van der Waals surface area contributed by atoms with Crippen molar-refractivity contribution in [2.24, 2.45) is 0 Å². The molecule has 1 unspecified atom stereocenters. The summed E-state index contributed by atoms with van der Waals surface area (Å²) in [4.78, 5) is 14.6. The van der Waals surface area contributed by atoms with Crippen molar-refractivity contribution in [3.8, 4) is 11.5 Å². The number of hydrogen-bond donors (Lipinski definition) is 1. The molecule has 4 heteroatoms. The fourth-order valence-electron chi connectivity index (χ4n) is 2.82. The first-order valence-corrected chi connectivity index (χ1v) is 7.35. The van der Waals surface area contributed by atoms with Crippen LogP contribution in [0.4, 0.5) is 0 Å². The molecule has 1 aromatic rings. The normalized spacial score (nSPS) is 18.3. The Morgan fingerprint density at radius 1 is 1.50 bits per heavy atom. The lowest BCUT2D eigenvalue weighted by Gasteiger charge is -2.25. The van der Waals surface area contributed by atoms with Gasteiger partial charge in [-0.05, 0) is 37.5 Å². The van der Waals surface area contributed by atoms with E-state index in [0.717, 1.165) is 38.6 Å². The molecule has 0 aromatic heterocycles. The minimum atomic E-state index is 0.0434. The molecule has 1 saturated heterocycles. The molecule has 2 rings (SSSR count). The Labute approximate surface area is 120 Å². The van der Waals surface area contributed by atoms with Crippen LogP contribution in [0.3, 0.4) is 0 Å². The number of methoxy groups -OCH3 is 1. The Kier molecular flexibility index (Phi) is 4.88. The summed E-state index contributed by atoms with van der Waals surface area (Å²) >= 11 is 0. The lowest BCUT2D eigenvalue weighted by atomic mass is 10.1. The van der Waals surface area contributed by atoms with E-state index in [4.69, 9.17) is 4.74 Å². The van der Waals surface area contributed by atoms with Gasteiger partial charge >= 0.3 is 0 Å². The summed E-state index contributed by atoms with van der Waals surface area (Å²) in [6, 6.07) is 5.16. The largest absolute Gasteiger partial charge is 0.504 e. The highest BCUT2D eigenvalue weighted by Crippen LogP contribution is 2.29. The first-order valence-electron chi connectivity index (χ1n) is 7.35. The number of phenols is 1. The third-order valence-corrected chi connectivity index (χ3v) is 3.96. The zero-order valence-corrected chi connectivity index (χ0v) is 12.3. The van der Waals surface area contributed by atoms with E-state index < -0.39 is 0 Å². The van der Waals surface area contributed by atoms with Gasteiger partial charge in [0.05, 0.1) is 7.11 Å². The molecule has 0 bridgehead atoms. The van der Waals surface area contributed by atoms with Crippen molar-refractivity contribution in [2.75, 3.05) is 13.7 Å². The molecule has 1 aromatic carbocycles. The molecular weight excluding hydrogens is 254 g/mol.